The van der Waals surface area contributed by atoms with Crippen molar-refractivity contribution in [2.45, 2.75) is 30.7 Å². The molecule has 0 spiro atoms. The standard InChI is InChI=1S/C17H21NOS/c18-16(13-15-7-4-12-20-15)17(8-10-19-11-9-17)14-5-2-1-3-6-14/h1-7,12,16H,8-11,13,18H2. The van der Waals surface area contributed by atoms with Crippen molar-refractivity contribution in [3.8, 4) is 0 Å². The van der Waals surface area contributed by atoms with Crippen molar-refractivity contribution in [1.82, 2.24) is 0 Å². The molecule has 2 heterocycles. The van der Waals surface area contributed by atoms with E-state index in [4.69, 9.17) is 10.5 Å². The number of ether oxygens (including phenoxy) is 1. The minimum atomic E-state index is 0.0590. The molecule has 3 rings (SSSR count). The first-order valence-electron chi connectivity index (χ1n) is 7.22. The molecule has 0 saturated carbocycles. The largest absolute Gasteiger partial charge is 0.381 e. The number of benzene rings is 1. The summed E-state index contributed by atoms with van der Waals surface area (Å²) < 4.78 is 5.58. The summed E-state index contributed by atoms with van der Waals surface area (Å²) in [5.74, 6) is 0. The number of hydrogen-bond acceptors (Lipinski definition) is 3. The first-order valence-corrected chi connectivity index (χ1v) is 8.10. The Bertz CT molecular complexity index is 517. The Hall–Kier alpha value is -1.16. The van der Waals surface area contributed by atoms with Crippen LogP contribution in [0.2, 0.25) is 0 Å². The quantitative estimate of drug-likeness (QED) is 0.936. The monoisotopic (exact) mass is 287 g/mol. The Morgan fingerprint density at radius 2 is 1.85 bits per heavy atom. The molecule has 0 bridgehead atoms. The van der Waals surface area contributed by atoms with Crippen molar-refractivity contribution < 1.29 is 4.74 Å². The third kappa shape index (κ3) is 2.66. The summed E-state index contributed by atoms with van der Waals surface area (Å²) in [6, 6.07) is 15.2. The van der Waals surface area contributed by atoms with Crippen LogP contribution in [0.1, 0.15) is 23.3 Å². The van der Waals surface area contributed by atoms with Gasteiger partial charge in [-0.2, -0.15) is 0 Å². The van der Waals surface area contributed by atoms with E-state index in [9.17, 15) is 0 Å². The number of rotatable bonds is 4. The summed E-state index contributed by atoms with van der Waals surface area (Å²) >= 11 is 1.80. The lowest BCUT2D eigenvalue weighted by molar-refractivity contribution is 0.0401. The van der Waals surface area contributed by atoms with E-state index in [2.05, 4.69) is 47.8 Å². The van der Waals surface area contributed by atoms with E-state index in [0.717, 1.165) is 32.5 Å². The lowest BCUT2D eigenvalue weighted by Gasteiger charge is -2.42. The second kappa shape index (κ2) is 6.08. The second-order valence-corrected chi connectivity index (χ2v) is 6.56. The predicted molar refractivity (Wildman–Crippen MR) is 84.2 cm³/mol. The van der Waals surface area contributed by atoms with Gasteiger partial charge in [-0.15, -0.1) is 11.3 Å². The maximum Gasteiger partial charge on any atom is 0.0475 e. The number of nitrogens with two attached hydrogens (primary N) is 1. The maximum atomic E-state index is 6.66. The van der Waals surface area contributed by atoms with Crippen LogP contribution in [0.15, 0.2) is 47.8 Å². The summed E-state index contributed by atoms with van der Waals surface area (Å²) in [6.07, 6.45) is 2.99. The first-order chi connectivity index (χ1) is 9.81. The van der Waals surface area contributed by atoms with Gasteiger partial charge in [-0.05, 0) is 36.3 Å². The average molecular weight is 287 g/mol. The molecule has 3 heteroatoms. The van der Waals surface area contributed by atoms with Crippen LogP contribution in [-0.2, 0) is 16.6 Å². The number of hydrogen-bond donors (Lipinski definition) is 1. The van der Waals surface area contributed by atoms with Gasteiger partial charge in [-0.25, -0.2) is 0 Å². The van der Waals surface area contributed by atoms with Gasteiger partial charge < -0.3 is 10.5 Å². The molecule has 1 unspecified atom stereocenters. The molecule has 2 N–H and O–H groups in total. The molecule has 1 aromatic carbocycles. The van der Waals surface area contributed by atoms with E-state index in [1.165, 1.54) is 10.4 Å². The van der Waals surface area contributed by atoms with Crippen molar-refractivity contribution in [3.05, 3.63) is 58.3 Å². The average Bonchev–Trinajstić information content (AvgIpc) is 3.02. The highest BCUT2D eigenvalue weighted by Crippen LogP contribution is 2.38. The molecule has 20 heavy (non-hydrogen) atoms. The molecule has 1 aromatic heterocycles. The zero-order valence-electron chi connectivity index (χ0n) is 11.6. The van der Waals surface area contributed by atoms with Crippen LogP contribution >= 0.6 is 11.3 Å². The lowest BCUT2D eigenvalue weighted by atomic mass is 9.68. The SMILES string of the molecule is NC(Cc1cccs1)C1(c2ccccc2)CCOCC1. The van der Waals surface area contributed by atoms with Crippen LogP contribution < -0.4 is 5.73 Å². The van der Waals surface area contributed by atoms with Crippen molar-refractivity contribution in [2.24, 2.45) is 5.73 Å². The molecule has 2 nitrogen and oxygen atoms in total. The molecule has 2 aromatic rings. The highest BCUT2D eigenvalue weighted by molar-refractivity contribution is 7.09. The van der Waals surface area contributed by atoms with Gasteiger partial charge in [-0.1, -0.05) is 36.4 Å². The van der Waals surface area contributed by atoms with E-state index >= 15 is 0 Å². The summed E-state index contributed by atoms with van der Waals surface area (Å²) in [6.45, 7) is 1.63. The molecule has 0 radical (unpaired) electrons. The minimum Gasteiger partial charge on any atom is -0.381 e. The van der Waals surface area contributed by atoms with Gasteiger partial charge in [0, 0.05) is 29.5 Å². The van der Waals surface area contributed by atoms with Crippen LogP contribution in [0.3, 0.4) is 0 Å². The fraction of sp³-hybridized carbons (Fsp3) is 0.412. The van der Waals surface area contributed by atoms with Gasteiger partial charge in [0.2, 0.25) is 0 Å². The number of thiophene rings is 1. The topological polar surface area (TPSA) is 35.2 Å². The Morgan fingerprint density at radius 3 is 2.50 bits per heavy atom. The van der Waals surface area contributed by atoms with Crippen molar-refractivity contribution in [1.29, 1.82) is 0 Å². The van der Waals surface area contributed by atoms with E-state index < -0.39 is 0 Å². The highest BCUT2D eigenvalue weighted by Gasteiger charge is 2.39. The van der Waals surface area contributed by atoms with Gasteiger partial charge in [0.25, 0.3) is 0 Å². The van der Waals surface area contributed by atoms with Crippen LogP contribution in [0.25, 0.3) is 0 Å². The Labute approximate surface area is 124 Å². The smallest absolute Gasteiger partial charge is 0.0475 e. The van der Waals surface area contributed by atoms with Gasteiger partial charge in [0.05, 0.1) is 0 Å². The zero-order valence-corrected chi connectivity index (χ0v) is 12.4. The van der Waals surface area contributed by atoms with Crippen molar-refractivity contribution >= 4 is 11.3 Å². The van der Waals surface area contributed by atoms with E-state index in [1.807, 2.05) is 0 Å². The van der Waals surface area contributed by atoms with Gasteiger partial charge in [0.15, 0.2) is 0 Å². The fourth-order valence-corrected chi connectivity index (χ4v) is 3.98. The van der Waals surface area contributed by atoms with E-state index in [-0.39, 0.29) is 11.5 Å². The molecule has 106 valence electrons. The van der Waals surface area contributed by atoms with Crippen LogP contribution in [0.5, 0.6) is 0 Å². The van der Waals surface area contributed by atoms with Crippen molar-refractivity contribution in [3.63, 3.8) is 0 Å². The summed E-state index contributed by atoms with van der Waals surface area (Å²) in [5.41, 5.74) is 8.08. The minimum absolute atomic E-state index is 0.0590. The summed E-state index contributed by atoms with van der Waals surface area (Å²) in [7, 11) is 0. The Morgan fingerprint density at radius 1 is 1.10 bits per heavy atom. The molecule has 1 saturated heterocycles. The molecule has 1 fully saturated rings. The molecule has 1 atom stereocenters. The van der Waals surface area contributed by atoms with Crippen LogP contribution in [0.4, 0.5) is 0 Å². The molecular formula is C17H21NOS. The molecule has 1 aliphatic heterocycles. The Kier molecular flexibility index (Phi) is 4.20. The molecular weight excluding hydrogens is 266 g/mol. The van der Waals surface area contributed by atoms with E-state index in [0.29, 0.717) is 0 Å². The zero-order chi connectivity index (χ0) is 13.8. The van der Waals surface area contributed by atoms with Gasteiger partial charge >= 0.3 is 0 Å². The Balaban J connectivity index is 1.89. The molecule has 1 aliphatic rings. The maximum absolute atomic E-state index is 6.66. The second-order valence-electron chi connectivity index (χ2n) is 5.52. The third-order valence-corrected chi connectivity index (χ3v) is 5.34. The normalized spacial score (nSPS) is 19.6. The molecule has 0 aliphatic carbocycles. The lowest BCUT2D eigenvalue weighted by Crippen LogP contribution is -2.50. The van der Waals surface area contributed by atoms with Crippen molar-refractivity contribution in [2.75, 3.05) is 13.2 Å². The van der Waals surface area contributed by atoms with E-state index in [1.54, 1.807) is 11.3 Å². The van der Waals surface area contributed by atoms with Gasteiger partial charge in [-0.3, -0.25) is 0 Å². The summed E-state index contributed by atoms with van der Waals surface area (Å²) in [5, 5.41) is 2.13. The first kappa shape index (κ1) is 13.8. The predicted octanol–water partition coefficient (Wildman–Crippen LogP) is 3.37. The fourth-order valence-electron chi connectivity index (χ4n) is 3.22. The van der Waals surface area contributed by atoms with Crippen LogP contribution in [-0.4, -0.2) is 19.3 Å². The highest BCUT2D eigenvalue weighted by atomic mass is 32.1. The van der Waals surface area contributed by atoms with Gasteiger partial charge in [0.1, 0.15) is 0 Å². The summed E-state index contributed by atoms with van der Waals surface area (Å²) in [4.78, 5) is 1.37. The molecule has 0 amide bonds. The third-order valence-electron chi connectivity index (χ3n) is 4.44. The van der Waals surface area contributed by atoms with Crippen LogP contribution in [0, 0.1) is 0 Å².